The number of ether oxygens (including phenoxy) is 1. The molecule has 0 saturated carbocycles. The molecule has 0 aromatic carbocycles. The molecule has 9 nitrogen and oxygen atoms in total. The second-order valence-corrected chi connectivity index (χ2v) is 6.24. The highest BCUT2D eigenvalue weighted by molar-refractivity contribution is 5.93. The highest BCUT2D eigenvalue weighted by Crippen LogP contribution is 2.28. The zero-order chi connectivity index (χ0) is 18.4. The molecule has 2 fully saturated rings. The minimum Gasteiger partial charge on any atom is -0.359 e. The predicted octanol–water partition coefficient (Wildman–Crippen LogP) is -1.13. The number of carbonyl (C=O) groups is 4. The van der Waals surface area contributed by atoms with Crippen molar-refractivity contribution in [1.82, 2.24) is 20.9 Å². The lowest BCUT2D eigenvalue weighted by atomic mass is 10.0. The Balaban J connectivity index is 1.82. The molecule has 2 rings (SSSR count). The minimum absolute atomic E-state index is 0.0526. The molecule has 0 aromatic rings. The van der Waals surface area contributed by atoms with Crippen LogP contribution in [0.1, 0.15) is 38.5 Å². The molecule has 2 aliphatic rings. The Hall–Kier alpha value is -2.16. The average Bonchev–Trinajstić information content (AvgIpc) is 3.05. The number of hydrogen-bond acceptors (Lipinski definition) is 5. The van der Waals surface area contributed by atoms with Gasteiger partial charge < -0.3 is 25.6 Å². The van der Waals surface area contributed by atoms with Gasteiger partial charge in [-0.25, -0.2) is 0 Å². The first kappa shape index (κ1) is 19.2. The number of hydrogen-bond donors (Lipinski definition) is 3. The summed E-state index contributed by atoms with van der Waals surface area (Å²) in [5.41, 5.74) is 0. The molecule has 25 heavy (non-hydrogen) atoms. The number of nitrogens with zero attached hydrogens (tertiary/aromatic N) is 1. The topological polar surface area (TPSA) is 117 Å². The van der Waals surface area contributed by atoms with E-state index in [9.17, 15) is 19.2 Å². The summed E-state index contributed by atoms with van der Waals surface area (Å²) < 4.78 is 5.52. The fourth-order valence-corrected chi connectivity index (χ4v) is 3.16. The molecule has 9 heteroatoms. The van der Waals surface area contributed by atoms with Crippen LogP contribution in [-0.4, -0.2) is 67.5 Å². The van der Waals surface area contributed by atoms with Crippen LogP contribution in [0.4, 0.5) is 0 Å². The summed E-state index contributed by atoms with van der Waals surface area (Å²) in [5, 5.41) is 7.80. The first-order valence-electron chi connectivity index (χ1n) is 8.63. The summed E-state index contributed by atoms with van der Waals surface area (Å²) in [6.07, 6.45) is 2.52. The molecule has 0 radical (unpaired) electrons. The summed E-state index contributed by atoms with van der Waals surface area (Å²) in [7, 11) is 3.09. The Morgan fingerprint density at radius 3 is 2.40 bits per heavy atom. The van der Waals surface area contributed by atoms with Gasteiger partial charge in [-0.3, -0.25) is 19.2 Å². The molecular weight excluding hydrogens is 328 g/mol. The highest BCUT2D eigenvalue weighted by atomic mass is 16.5. The van der Waals surface area contributed by atoms with Gasteiger partial charge in [-0.2, -0.15) is 0 Å². The molecule has 0 aromatic heterocycles. The van der Waals surface area contributed by atoms with Gasteiger partial charge in [0.05, 0.1) is 6.61 Å². The largest absolute Gasteiger partial charge is 0.359 e. The number of fused-ring (bicyclic) bond motifs is 1. The molecule has 3 N–H and O–H groups in total. The SMILES string of the molecule is CNC(=O)CCCCC(=O)N[C@H]1CC[C@@H]2OCC(C(=O)NC)N2C1=O. The lowest BCUT2D eigenvalue weighted by molar-refractivity contribution is -0.150. The standard InChI is InChI=1S/C16H26N4O5/c1-17-12(21)5-3-4-6-13(22)19-10-7-8-14-20(16(10)24)11(9-25-14)15(23)18-2/h10-11,14H,3-9H2,1-2H3,(H,17,21)(H,18,23)(H,19,22)/t10-,11?,14-/m0/s1. The fourth-order valence-electron chi connectivity index (χ4n) is 3.16. The zero-order valence-electron chi connectivity index (χ0n) is 14.7. The maximum Gasteiger partial charge on any atom is 0.247 e. The van der Waals surface area contributed by atoms with Crippen molar-refractivity contribution in [3.63, 3.8) is 0 Å². The second-order valence-electron chi connectivity index (χ2n) is 6.24. The molecule has 2 saturated heterocycles. The van der Waals surface area contributed by atoms with Crippen LogP contribution in [0.25, 0.3) is 0 Å². The molecule has 1 unspecified atom stereocenters. The third-order valence-corrected chi connectivity index (χ3v) is 4.57. The number of likely N-dealkylation sites (N-methyl/N-ethyl adjacent to an activating group) is 1. The van der Waals surface area contributed by atoms with Crippen LogP contribution < -0.4 is 16.0 Å². The lowest BCUT2D eigenvalue weighted by Crippen LogP contribution is -2.59. The third-order valence-electron chi connectivity index (χ3n) is 4.57. The molecule has 0 spiro atoms. The zero-order valence-corrected chi connectivity index (χ0v) is 14.7. The molecule has 0 aliphatic carbocycles. The quantitative estimate of drug-likeness (QED) is 0.500. The van der Waals surface area contributed by atoms with Gasteiger partial charge in [-0.15, -0.1) is 0 Å². The molecular formula is C16H26N4O5. The van der Waals surface area contributed by atoms with Crippen LogP contribution in [0.5, 0.6) is 0 Å². The lowest BCUT2D eigenvalue weighted by Gasteiger charge is -2.35. The Bertz CT molecular complexity index is 539. The van der Waals surface area contributed by atoms with E-state index < -0.39 is 18.3 Å². The summed E-state index contributed by atoms with van der Waals surface area (Å²) in [6.45, 7) is 0.177. The fraction of sp³-hybridized carbons (Fsp3) is 0.750. The first-order chi connectivity index (χ1) is 12.0. The van der Waals surface area contributed by atoms with E-state index in [1.165, 1.54) is 11.9 Å². The van der Waals surface area contributed by atoms with Gasteiger partial charge in [0.1, 0.15) is 18.3 Å². The molecule has 140 valence electrons. The van der Waals surface area contributed by atoms with Gasteiger partial charge in [-0.05, 0) is 25.7 Å². The van der Waals surface area contributed by atoms with E-state index in [0.717, 1.165) is 0 Å². The summed E-state index contributed by atoms with van der Waals surface area (Å²) in [4.78, 5) is 49.1. The monoisotopic (exact) mass is 354 g/mol. The second kappa shape index (κ2) is 8.80. The molecule has 2 heterocycles. The maximum atomic E-state index is 12.6. The van der Waals surface area contributed by atoms with Crippen molar-refractivity contribution in [1.29, 1.82) is 0 Å². The van der Waals surface area contributed by atoms with Gasteiger partial charge in [-0.1, -0.05) is 0 Å². The summed E-state index contributed by atoms with van der Waals surface area (Å²) in [6, 6.07) is -1.27. The average molecular weight is 354 g/mol. The number of unbranched alkanes of at least 4 members (excludes halogenated alkanes) is 1. The number of amides is 4. The molecule has 3 atom stereocenters. The van der Waals surface area contributed by atoms with Crippen LogP contribution in [0.3, 0.4) is 0 Å². The summed E-state index contributed by atoms with van der Waals surface area (Å²) in [5.74, 6) is -0.813. The van der Waals surface area contributed by atoms with Gasteiger partial charge in [0.25, 0.3) is 0 Å². The van der Waals surface area contributed by atoms with Gasteiger partial charge in [0.2, 0.25) is 23.6 Å². The molecule has 4 amide bonds. The Labute approximate surface area is 146 Å². The number of carbonyl (C=O) groups excluding carboxylic acids is 4. The van der Waals surface area contributed by atoms with Crippen LogP contribution >= 0.6 is 0 Å². The van der Waals surface area contributed by atoms with Crippen molar-refractivity contribution < 1.29 is 23.9 Å². The van der Waals surface area contributed by atoms with E-state index >= 15 is 0 Å². The van der Waals surface area contributed by atoms with E-state index in [2.05, 4.69) is 16.0 Å². The van der Waals surface area contributed by atoms with E-state index in [0.29, 0.717) is 32.1 Å². The van der Waals surface area contributed by atoms with E-state index in [-0.39, 0.29) is 36.7 Å². The first-order valence-corrected chi connectivity index (χ1v) is 8.63. The summed E-state index contributed by atoms with van der Waals surface area (Å²) >= 11 is 0. The van der Waals surface area contributed by atoms with Crippen molar-refractivity contribution in [2.45, 2.75) is 56.8 Å². The van der Waals surface area contributed by atoms with Gasteiger partial charge in [0.15, 0.2) is 0 Å². The predicted molar refractivity (Wildman–Crippen MR) is 88.1 cm³/mol. The van der Waals surface area contributed by atoms with Crippen molar-refractivity contribution in [3.05, 3.63) is 0 Å². The maximum absolute atomic E-state index is 12.6. The smallest absolute Gasteiger partial charge is 0.247 e. The van der Waals surface area contributed by atoms with Crippen molar-refractivity contribution in [3.8, 4) is 0 Å². The Morgan fingerprint density at radius 1 is 1.08 bits per heavy atom. The van der Waals surface area contributed by atoms with Gasteiger partial charge in [0, 0.05) is 26.9 Å². The normalized spacial score (nSPS) is 25.3. The van der Waals surface area contributed by atoms with E-state index in [1.54, 1.807) is 7.05 Å². The van der Waals surface area contributed by atoms with Crippen LogP contribution in [0, 0.1) is 0 Å². The number of nitrogens with one attached hydrogen (secondary N) is 3. The minimum atomic E-state index is -0.644. The highest BCUT2D eigenvalue weighted by Gasteiger charge is 2.47. The van der Waals surface area contributed by atoms with Crippen molar-refractivity contribution in [2.24, 2.45) is 0 Å². The van der Waals surface area contributed by atoms with Crippen LogP contribution in [0.15, 0.2) is 0 Å². The van der Waals surface area contributed by atoms with Crippen molar-refractivity contribution in [2.75, 3.05) is 20.7 Å². The van der Waals surface area contributed by atoms with Crippen LogP contribution in [0.2, 0.25) is 0 Å². The third kappa shape index (κ3) is 4.68. The number of piperidine rings is 1. The molecule has 0 bridgehead atoms. The number of rotatable bonds is 7. The van der Waals surface area contributed by atoms with Crippen molar-refractivity contribution >= 4 is 23.6 Å². The van der Waals surface area contributed by atoms with Gasteiger partial charge >= 0.3 is 0 Å². The van der Waals surface area contributed by atoms with E-state index in [1.807, 2.05) is 0 Å². The van der Waals surface area contributed by atoms with E-state index in [4.69, 9.17) is 4.74 Å². The molecule has 2 aliphatic heterocycles. The Morgan fingerprint density at radius 2 is 1.76 bits per heavy atom. The Kier molecular flexibility index (Phi) is 6.74. The van der Waals surface area contributed by atoms with Crippen LogP contribution in [-0.2, 0) is 23.9 Å².